The number of aromatic nitrogens is 2. The molecule has 2 heterocycles. The number of carbonyl (C=O) groups is 1. The van der Waals surface area contributed by atoms with Gasteiger partial charge in [-0.1, -0.05) is 12.1 Å². The minimum atomic E-state index is -3.21. The van der Waals surface area contributed by atoms with Crippen molar-refractivity contribution < 1.29 is 17.7 Å². The lowest BCUT2D eigenvalue weighted by Crippen LogP contribution is -2.33. The van der Waals surface area contributed by atoms with Crippen LogP contribution in [0, 0.1) is 0 Å². The van der Waals surface area contributed by atoms with Gasteiger partial charge in [-0.05, 0) is 18.6 Å². The predicted octanol–water partition coefficient (Wildman–Crippen LogP) is 1.14. The van der Waals surface area contributed by atoms with Crippen LogP contribution in [0.2, 0.25) is 0 Å². The largest absolute Gasteiger partial charge is 0.355 e. The summed E-state index contributed by atoms with van der Waals surface area (Å²) in [6.45, 7) is 2.88. The Balaban J connectivity index is 1.84. The van der Waals surface area contributed by atoms with E-state index in [2.05, 4.69) is 15.5 Å². The van der Waals surface area contributed by atoms with E-state index in [4.69, 9.17) is 4.52 Å². The number of sulfonamides is 1. The lowest BCUT2D eigenvalue weighted by Gasteiger charge is -2.17. The molecule has 2 aromatic heterocycles. The summed E-state index contributed by atoms with van der Waals surface area (Å²) in [5, 5.41) is 6.44. The lowest BCUT2D eigenvalue weighted by atomic mass is 10.2. The molecule has 0 spiro atoms. The first kappa shape index (κ1) is 18.1. The zero-order valence-corrected chi connectivity index (χ0v) is 14.4. The third-order valence-corrected chi connectivity index (χ3v) is 4.76. The number of carbonyl (C=O) groups excluding carboxylic acids is 1. The smallest absolute Gasteiger partial charge is 0.273 e. The van der Waals surface area contributed by atoms with Crippen LogP contribution < -0.4 is 5.32 Å². The van der Waals surface area contributed by atoms with Crippen LogP contribution in [0.25, 0.3) is 11.3 Å². The first-order chi connectivity index (χ1) is 11.4. The molecule has 9 heteroatoms. The van der Waals surface area contributed by atoms with Crippen LogP contribution in [-0.4, -0.2) is 54.7 Å². The number of hydrogen-bond acceptors (Lipinski definition) is 6. The highest BCUT2D eigenvalue weighted by Crippen LogP contribution is 2.18. The van der Waals surface area contributed by atoms with Gasteiger partial charge in [-0.25, -0.2) is 12.7 Å². The summed E-state index contributed by atoms with van der Waals surface area (Å²) in [6.07, 6.45) is 4.95. The number of hydrogen-bond donors (Lipinski definition) is 1. The molecule has 0 saturated heterocycles. The Hall–Kier alpha value is -2.26. The topological polar surface area (TPSA) is 105 Å². The highest BCUT2D eigenvalue weighted by atomic mass is 32.2. The van der Waals surface area contributed by atoms with E-state index in [1.165, 1.54) is 10.6 Å². The highest BCUT2D eigenvalue weighted by molar-refractivity contribution is 7.88. The van der Waals surface area contributed by atoms with Crippen LogP contribution >= 0.6 is 0 Å². The molecule has 0 saturated carbocycles. The molecule has 0 aliphatic rings. The summed E-state index contributed by atoms with van der Waals surface area (Å²) < 4.78 is 29.4. The number of nitrogens with one attached hydrogen (secondary N) is 1. The summed E-state index contributed by atoms with van der Waals surface area (Å²) in [5.41, 5.74) is 0.903. The minimum Gasteiger partial charge on any atom is -0.355 e. The van der Waals surface area contributed by atoms with Crippen LogP contribution in [0.1, 0.15) is 23.8 Å². The number of pyridine rings is 1. The van der Waals surface area contributed by atoms with Crippen LogP contribution in [0.4, 0.5) is 0 Å². The molecule has 1 N–H and O–H groups in total. The third kappa shape index (κ3) is 4.87. The molecule has 0 aromatic carbocycles. The average molecular weight is 352 g/mol. The maximum absolute atomic E-state index is 12.0. The Morgan fingerprint density at radius 3 is 2.83 bits per heavy atom. The molecular weight excluding hydrogens is 332 g/mol. The van der Waals surface area contributed by atoms with Gasteiger partial charge >= 0.3 is 0 Å². The zero-order valence-electron chi connectivity index (χ0n) is 13.6. The van der Waals surface area contributed by atoms with E-state index in [-0.39, 0.29) is 11.6 Å². The Labute approximate surface area is 140 Å². The average Bonchev–Trinajstić information content (AvgIpc) is 3.04. The Morgan fingerprint density at radius 1 is 1.42 bits per heavy atom. The standard InChI is InChI=1S/C15H20N4O4S/c1-3-19(24(2,21)22)9-5-8-17-15(20)13-10-14(23-18-13)12-6-4-7-16-11-12/h4,6-7,10-11H,3,5,8-9H2,1-2H3,(H,17,20). The van der Waals surface area contributed by atoms with Gasteiger partial charge in [0.2, 0.25) is 10.0 Å². The summed E-state index contributed by atoms with van der Waals surface area (Å²) in [6, 6.07) is 5.11. The van der Waals surface area contributed by atoms with E-state index in [0.29, 0.717) is 31.8 Å². The van der Waals surface area contributed by atoms with Crippen molar-refractivity contribution >= 4 is 15.9 Å². The molecule has 8 nitrogen and oxygen atoms in total. The quantitative estimate of drug-likeness (QED) is 0.714. The number of amides is 1. The Bertz CT molecular complexity index is 774. The molecule has 2 aromatic rings. The van der Waals surface area contributed by atoms with E-state index in [0.717, 1.165) is 5.56 Å². The first-order valence-corrected chi connectivity index (χ1v) is 9.37. The fraction of sp³-hybridized carbons (Fsp3) is 0.400. The lowest BCUT2D eigenvalue weighted by molar-refractivity contribution is 0.0944. The maximum atomic E-state index is 12.0. The third-order valence-electron chi connectivity index (χ3n) is 3.38. The molecule has 0 atom stereocenters. The normalized spacial score (nSPS) is 11.6. The number of nitrogens with zero attached hydrogens (tertiary/aromatic N) is 3. The van der Waals surface area contributed by atoms with Crippen molar-refractivity contribution in [2.24, 2.45) is 0 Å². The Kier molecular flexibility index (Phi) is 6.04. The van der Waals surface area contributed by atoms with E-state index >= 15 is 0 Å². The fourth-order valence-electron chi connectivity index (χ4n) is 2.13. The van der Waals surface area contributed by atoms with E-state index in [9.17, 15) is 13.2 Å². The first-order valence-electron chi connectivity index (χ1n) is 7.52. The monoisotopic (exact) mass is 352 g/mol. The van der Waals surface area contributed by atoms with Crippen LogP contribution in [0.5, 0.6) is 0 Å². The summed E-state index contributed by atoms with van der Waals surface area (Å²) in [5.74, 6) is 0.0961. The molecule has 0 fully saturated rings. The van der Waals surface area contributed by atoms with E-state index < -0.39 is 10.0 Å². The van der Waals surface area contributed by atoms with Gasteiger partial charge in [0.25, 0.3) is 5.91 Å². The van der Waals surface area contributed by atoms with Gasteiger partial charge < -0.3 is 9.84 Å². The second-order valence-electron chi connectivity index (χ2n) is 5.18. The summed E-state index contributed by atoms with van der Waals surface area (Å²) in [7, 11) is -3.21. The van der Waals surface area contributed by atoms with Crippen LogP contribution in [0.3, 0.4) is 0 Å². The van der Waals surface area contributed by atoms with Crippen molar-refractivity contribution in [2.45, 2.75) is 13.3 Å². The molecule has 0 radical (unpaired) electrons. The van der Waals surface area contributed by atoms with Gasteiger partial charge in [0.1, 0.15) is 0 Å². The van der Waals surface area contributed by atoms with Gasteiger partial charge in [-0.2, -0.15) is 0 Å². The predicted molar refractivity (Wildman–Crippen MR) is 88.8 cm³/mol. The van der Waals surface area contributed by atoms with Crippen molar-refractivity contribution in [1.29, 1.82) is 0 Å². The zero-order chi connectivity index (χ0) is 17.6. The molecule has 0 aliphatic heterocycles. The second kappa shape index (κ2) is 8.02. The molecule has 0 bridgehead atoms. The molecule has 24 heavy (non-hydrogen) atoms. The molecule has 130 valence electrons. The van der Waals surface area contributed by atoms with Crippen molar-refractivity contribution in [1.82, 2.24) is 19.8 Å². The van der Waals surface area contributed by atoms with Crippen molar-refractivity contribution in [3.05, 3.63) is 36.3 Å². The SMILES string of the molecule is CCN(CCCNC(=O)c1cc(-c2cccnc2)on1)S(C)(=O)=O. The highest BCUT2D eigenvalue weighted by Gasteiger charge is 2.15. The van der Waals surface area contributed by atoms with Crippen molar-refractivity contribution in [3.8, 4) is 11.3 Å². The van der Waals surface area contributed by atoms with Gasteiger partial charge in [-0.15, -0.1) is 0 Å². The molecule has 0 aliphatic carbocycles. The summed E-state index contributed by atoms with van der Waals surface area (Å²) in [4.78, 5) is 16.0. The number of rotatable bonds is 8. The molecule has 1 amide bonds. The van der Waals surface area contributed by atoms with Crippen LogP contribution in [-0.2, 0) is 10.0 Å². The van der Waals surface area contributed by atoms with Crippen molar-refractivity contribution in [2.75, 3.05) is 25.9 Å². The molecular formula is C15H20N4O4S. The fourth-order valence-corrected chi connectivity index (χ4v) is 3.06. The van der Waals surface area contributed by atoms with Crippen LogP contribution in [0.15, 0.2) is 35.1 Å². The second-order valence-corrected chi connectivity index (χ2v) is 7.16. The van der Waals surface area contributed by atoms with Gasteiger partial charge in [-0.3, -0.25) is 9.78 Å². The van der Waals surface area contributed by atoms with E-state index in [1.54, 1.807) is 37.5 Å². The summed E-state index contributed by atoms with van der Waals surface area (Å²) >= 11 is 0. The Morgan fingerprint density at radius 2 is 2.21 bits per heavy atom. The van der Waals surface area contributed by atoms with Gasteiger partial charge in [0.05, 0.1) is 6.26 Å². The molecule has 0 unspecified atom stereocenters. The maximum Gasteiger partial charge on any atom is 0.273 e. The van der Waals surface area contributed by atoms with E-state index in [1.807, 2.05) is 0 Å². The van der Waals surface area contributed by atoms with Crippen molar-refractivity contribution in [3.63, 3.8) is 0 Å². The van der Waals surface area contributed by atoms with Gasteiger partial charge in [0.15, 0.2) is 11.5 Å². The minimum absolute atomic E-state index is 0.171. The van der Waals surface area contributed by atoms with Gasteiger partial charge in [0, 0.05) is 43.7 Å². The molecule has 2 rings (SSSR count).